The van der Waals surface area contributed by atoms with Gasteiger partial charge in [-0.3, -0.25) is 0 Å². The number of aromatic hydroxyl groups is 7. The molecule has 0 fully saturated rings. The van der Waals surface area contributed by atoms with Crippen LogP contribution >= 0.6 is 0 Å². The van der Waals surface area contributed by atoms with Gasteiger partial charge in [-0.1, -0.05) is 5.92 Å². The topological polar surface area (TPSA) is 186 Å². The molecule has 0 aliphatic carbocycles. The maximum absolute atomic E-state index is 12.9. The molecule has 4 rings (SSSR count). The Morgan fingerprint density at radius 1 is 0.917 bits per heavy atom. The van der Waals surface area contributed by atoms with Crippen molar-refractivity contribution in [1.29, 1.82) is 0 Å². The first-order chi connectivity index (χ1) is 17.1. The Labute approximate surface area is 203 Å². The zero-order valence-electron chi connectivity index (χ0n) is 18.4. The normalized spacial score (nSPS) is 16.3. The summed E-state index contributed by atoms with van der Waals surface area (Å²) in [6.45, 7) is -0.239. The molecule has 1 aliphatic rings. The molecule has 186 valence electrons. The van der Waals surface area contributed by atoms with Gasteiger partial charge in [0.2, 0.25) is 5.75 Å². The standard InChI is InChI=1S/C25H20O11/c1-2-3-34-24-18(30)6-12(7-19(24)31)25(33)36-21-10-14-15(27)8-13(26)9-20(14)35-23(21)11-4-16(28)22(32)17(29)5-11/h1,4-9,21,23,26-32H,3,10H2/t21-,23-/m1/s1. The van der Waals surface area contributed by atoms with Crippen molar-refractivity contribution in [2.75, 3.05) is 6.61 Å². The molecule has 0 amide bonds. The van der Waals surface area contributed by atoms with Crippen LogP contribution in [0.2, 0.25) is 0 Å². The number of phenolic OH excluding ortho intramolecular Hbond substituents is 7. The maximum Gasteiger partial charge on any atom is 0.338 e. The van der Waals surface area contributed by atoms with E-state index in [0.717, 1.165) is 30.3 Å². The number of hydrogen-bond donors (Lipinski definition) is 7. The molecule has 36 heavy (non-hydrogen) atoms. The van der Waals surface area contributed by atoms with Crippen LogP contribution in [-0.4, -0.2) is 54.4 Å². The Bertz CT molecular complexity index is 1340. The van der Waals surface area contributed by atoms with Crippen molar-refractivity contribution in [2.45, 2.75) is 18.6 Å². The smallest absolute Gasteiger partial charge is 0.338 e. The fraction of sp³-hybridized carbons (Fsp3) is 0.160. The average Bonchev–Trinajstić information content (AvgIpc) is 2.81. The second-order valence-corrected chi connectivity index (χ2v) is 7.87. The van der Waals surface area contributed by atoms with E-state index in [1.165, 1.54) is 6.07 Å². The van der Waals surface area contributed by atoms with E-state index in [-0.39, 0.29) is 52.7 Å². The summed E-state index contributed by atoms with van der Waals surface area (Å²) >= 11 is 0. The van der Waals surface area contributed by atoms with Crippen LogP contribution < -0.4 is 9.47 Å². The van der Waals surface area contributed by atoms with Crippen LogP contribution in [0.25, 0.3) is 0 Å². The van der Waals surface area contributed by atoms with Gasteiger partial charge < -0.3 is 50.0 Å². The number of phenols is 7. The number of benzene rings is 3. The lowest BCUT2D eigenvalue weighted by Crippen LogP contribution is -2.34. The molecule has 1 aliphatic heterocycles. The average molecular weight is 496 g/mol. The predicted molar refractivity (Wildman–Crippen MR) is 122 cm³/mol. The summed E-state index contributed by atoms with van der Waals surface area (Å²) in [7, 11) is 0. The SMILES string of the molecule is C#CCOc1c(O)cc(C(=O)O[C@@H]2Cc3c(O)cc(O)cc3O[C@@H]2c2cc(O)c(O)c(O)c2)cc1O. The first-order valence-corrected chi connectivity index (χ1v) is 10.4. The van der Waals surface area contributed by atoms with Gasteiger partial charge in [0.1, 0.15) is 30.0 Å². The molecule has 11 nitrogen and oxygen atoms in total. The molecule has 3 aromatic carbocycles. The molecule has 0 spiro atoms. The maximum atomic E-state index is 12.9. The van der Waals surface area contributed by atoms with E-state index in [1.54, 1.807) is 0 Å². The van der Waals surface area contributed by atoms with E-state index in [4.69, 9.17) is 20.6 Å². The first kappa shape index (κ1) is 24.0. The largest absolute Gasteiger partial charge is 0.508 e. The summed E-state index contributed by atoms with van der Waals surface area (Å²) in [5.74, 6) is -2.96. The minimum absolute atomic E-state index is 0.0576. The van der Waals surface area contributed by atoms with Crippen LogP contribution in [0.1, 0.15) is 27.6 Å². The van der Waals surface area contributed by atoms with Crippen molar-refractivity contribution in [3.05, 3.63) is 53.1 Å². The lowest BCUT2D eigenvalue weighted by Gasteiger charge is -2.34. The number of fused-ring (bicyclic) bond motifs is 1. The highest BCUT2D eigenvalue weighted by Crippen LogP contribution is 2.46. The van der Waals surface area contributed by atoms with Crippen LogP contribution in [0, 0.1) is 12.3 Å². The molecular weight excluding hydrogens is 476 g/mol. The van der Waals surface area contributed by atoms with E-state index in [9.17, 15) is 40.5 Å². The third-order valence-electron chi connectivity index (χ3n) is 5.43. The van der Waals surface area contributed by atoms with Gasteiger partial charge in [0, 0.05) is 29.7 Å². The Hall–Kier alpha value is -5.11. The van der Waals surface area contributed by atoms with Gasteiger partial charge in [-0.15, -0.1) is 6.42 Å². The van der Waals surface area contributed by atoms with Gasteiger partial charge in [-0.05, 0) is 24.3 Å². The number of rotatable bonds is 5. The lowest BCUT2D eigenvalue weighted by molar-refractivity contribution is -0.0189. The highest BCUT2D eigenvalue weighted by molar-refractivity contribution is 5.91. The number of carbonyl (C=O) groups excluding carboxylic acids is 1. The van der Waals surface area contributed by atoms with Crippen molar-refractivity contribution in [1.82, 2.24) is 0 Å². The van der Waals surface area contributed by atoms with Crippen LogP contribution in [-0.2, 0) is 11.2 Å². The number of hydrogen-bond acceptors (Lipinski definition) is 11. The fourth-order valence-corrected chi connectivity index (χ4v) is 3.81. The van der Waals surface area contributed by atoms with Crippen molar-refractivity contribution in [3.63, 3.8) is 0 Å². The lowest BCUT2D eigenvalue weighted by atomic mass is 9.93. The molecular formula is C25H20O11. The Balaban J connectivity index is 1.70. The van der Waals surface area contributed by atoms with Crippen LogP contribution in [0.3, 0.4) is 0 Å². The number of esters is 1. The Morgan fingerprint density at radius 2 is 1.56 bits per heavy atom. The highest BCUT2D eigenvalue weighted by atomic mass is 16.6. The quantitative estimate of drug-likeness (QED) is 0.156. The third-order valence-corrected chi connectivity index (χ3v) is 5.43. The van der Waals surface area contributed by atoms with Crippen LogP contribution in [0.4, 0.5) is 0 Å². The van der Waals surface area contributed by atoms with Gasteiger partial charge in [0.05, 0.1) is 5.56 Å². The Morgan fingerprint density at radius 3 is 2.17 bits per heavy atom. The number of ether oxygens (including phenoxy) is 3. The molecule has 0 unspecified atom stereocenters. The minimum Gasteiger partial charge on any atom is -0.508 e. The second-order valence-electron chi connectivity index (χ2n) is 7.87. The number of carbonyl (C=O) groups is 1. The summed E-state index contributed by atoms with van der Waals surface area (Å²) in [5, 5.41) is 70.0. The summed E-state index contributed by atoms with van der Waals surface area (Å²) < 4.78 is 16.5. The van der Waals surface area contributed by atoms with Crippen LogP contribution in [0.15, 0.2) is 36.4 Å². The van der Waals surface area contributed by atoms with E-state index < -0.39 is 46.9 Å². The van der Waals surface area contributed by atoms with E-state index >= 15 is 0 Å². The van der Waals surface area contributed by atoms with Gasteiger partial charge >= 0.3 is 5.97 Å². The summed E-state index contributed by atoms with van der Waals surface area (Å²) in [4.78, 5) is 12.9. The molecule has 7 N–H and O–H groups in total. The van der Waals surface area contributed by atoms with Crippen LogP contribution in [0.5, 0.6) is 51.7 Å². The van der Waals surface area contributed by atoms with E-state index in [1.807, 2.05) is 0 Å². The molecule has 11 heteroatoms. The number of terminal acetylenes is 1. The van der Waals surface area contributed by atoms with Crippen molar-refractivity contribution in [3.8, 4) is 64.1 Å². The van der Waals surface area contributed by atoms with Gasteiger partial charge in [-0.25, -0.2) is 4.79 Å². The minimum atomic E-state index is -1.18. The van der Waals surface area contributed by atoms with Gasteiger partial charge in [-0.2, -0.15) is 0 Å². The fourth-order valence-electron chi connectivity index (χ4n) is 3.81. The molecule has 2 atom stereocenters. The Kier molecular flexibility index (Phi) is 6.18. The molecule has 3 aromatic rings. The summed E-state index contributed by atoms with van der Waals surface area (Å²) in [6, 6.07) is 6.46. The predicted octanol–water partition coefficient (Wildman–Crippen LogP) is 2.54. The molecule has 0 bridgehead atoms. The molecule has 0 saturated carbocycles. The monoisotopic (exact) mass is 496 g/mol. The molecule has 0 saturated heterocycles. The van der Waals surface area contributed by atoms with Crippen molar-refractivity contribution < 1.29 is 54.8 Å². The highest BCUT2D eigenvalue weighted by Gasteiger charge is 2.37. The van der Waals surface area contributed by atoms with E-state index in [2.05, 4.69) is 5.92 Å². The van der Waals surface area contributed by atoms with E-state index in [0.29, 0.717) is 0 Å². The van der Waals surface area contributed by atoms with Crippen molar-refractivity contribution >= 4 is 5.97 Å². The second kappa shape index (κ2) is 9.27. The van der Waals surface area contributed by atoms with Crippen molar-refractivity contribution in [2.24, 2.45) is 0 Å². The summed E-state index contributed by atoms with van der Waals surface area (Å²) in [5.41, 5.74) is 0.0459. The van der Waals surface area contributed by atoms with Gasteiger partial charge in [0.25, 0.3) is 0 Å². The summed E-state index contributed by atoms with van der Waals surface area (Å²) in [6.07, 6.45) is 2.62. The first-order valence-electron chi connectivity index (χ1n) is 10.4. The molecule has 1 heterocycles. The zero-order chi connectivity index (χ0) is 26.1. The zero-order valence-corrected chi connectivity index (χ0v) is 18.4. The van der Waals surface area contributed by atoms with Gasteiger partial charge in [0.15, 0.2) is 34.9 Å². The third kappa shape index (κ3) is 4.47. The molecule has 0 radical (unpaired) electrons. The molecule has 0 aromatic heterocycles.